The third kappa shape index (κ3) is 5.95. The minimum atomic E-state index is -3.61. The highest BCUT2D eigenvalue weighted by atomic mass is 35.5. The van der Waals surface area contributed by atoms with E-state index in [4.69, 9.17) is 14.6 Å². The molecule has 10 heteroatoms. The van der Waals surface area contributed by atoms with Crippen molar-refractivity contribution in [2.45, 2.75) is 17.2 Å². The smallest absolute Gasteiger partial charge is 0.247 e. The molecule has 2 heterocycles. The van der Waals surface area contributed by atoms with E-state index in [0.29, 0.717) is 19.8 Å². The summed E-state index contributed by atoms with van der Waals surface area (Å²) >= 11 is 2.81. The zero-order chi connectivity index (χ0) is 16.2. The van der Waals surface area contributed by atoms with Crippen molar-refractivity contribution in [1.82, 2.24) is 5.32 Å². The SMILES string of the molecule is COCCOCCNC(C)c1cc2cc(S(N)(=O)=O)sc2s1.Cl. The fourth-order valence-corrected chi connectivity index (χ4v) is 5.27. The fraction of sp³-hybridized carbons (Fsp3) is 0.538. The summed E-state index contributed by atoms with van der Waals surface area (Å²) in [6.45, 7) is 4.65. The second kappa shape index (κ2) is 9.28. The molecule has 0 aliphatic heterocycles. The number of nitrogens with two attached hydrogens (primary N) is 1. The van der Waals surface area contributed by atoms with Crippen molar-refractivity contribution in [2.24, 2.45) is 5.14 Å². The van der Waals surface area contributed by atoms with Crippen LogP contribution in [0.25, 0.3) is 9.40 Å². The maximum atomic E-state index is 11.3. The number of sulfonamides is 1. The number of hydrogen-bond donors (Lipinski definition) is 2. The van der Waals surface area contributed by atoms with E-state index in [9.17, 15) is 8.42 Å². The molecule has 2 aromatic heterocycles. The molecule has 0 bridgehead atoms. The summed E-state index contributed by atoms with van der Waals surface area (Å²) in [6, 6.07) is 3.83. The van der Waals surface area contributed by atoms with E-state index in [1.807, 2.05) is 6.07 Å². The number of fused-ring (bicyclic) bond motifs is 1. The Bertz CT molecular complexity index is 682. The third-order valence-electron chi connectivity index (χ3n) is 3.05. The van der Waals surface area contributed by atoms with E-state index < -0.39 is 10.0 Å². The lowest BCUT2D eigenvalue weighted by Gasteiger charge is -2.12. The summed E-state index contributed by atoms with van der Waals surface area (Å²) in [5, 5.41) is 9.45. The number of nitrogens with one attached hydrogen (secondary N) is 1. The minimum absolute atomic E-state index is 0. The molecule has 0 aliphatic rings. The number of thiophene rings is 2. The summed E-state index contributed by atoms with van der Waals surface area (Å²) < 4.78 is 34.1. The first-order valence-electron chi connectivity index (χ1n) is 6.78. The van der Waals surface area contributed by atoms with E-state index in [-0.39, 0.29) is 22.7 Å². The Morgan fingerprint density at radius 2 is 2.00 bits per heavy atom. The highest BCUT2D eigenvalue weighted by Gasteiger charge is 2.16. The van der Waals surface area contributed by atoms with Gasteiger partial charge < -0.3 is 14.8 Å². The van der Waals surface area contributed by atoms with Gasteiger partial charge in [-0.05, 0) is 19.1 Å². The van der Waals surface area contributed by atoms with Crippen molar-refractivity contribution in [3.63, 3.8) is 0 Å². The monoisotopic (exact) mass is 400 g/mol. The van der Waals surface area contributed by atoms with Crippen LogP contribution < -0.4 is 10.5 Å². The maximum absolute atomic E-state index is 11.3. The Morgan fingerprint density at radius 1 is 1.26 bits per heavy atom. The highest BCUT2D eigenvalue weighted by Crippen LogP contribution is 2.37. The van der Waals surface area contributed by atoms with Crippen LogP contribution in [0.1, 0.15) is 17.8 Å². The molecule has 2 rings (SSSR count). The van der Waals surface area contributed by atoms with Gasteiger partial charge in [-0.25, -0.2) is 13.6 Å². The van der Waals surface area contributed by atoms with Crippen LogP contribution in [0.2, 0.25) is 0 Å². The summed E-state index contributed by atoms with van der Waals surface area (Å²) in [5.41, 5.74) is 0. The van der Waals surface area contributed by atoms with Gasteiger partial charge in [-0.2, -0.15) is 0 Å². The van der Waals surface area contributed by atoms with Crippen LogP contribution in [0.4, 0.5) is 0 Å². The molecule has 23 heavy (non-hydrogen) atoms. The number of primary sulfonamides is 1. The summed E-state index contributed by atoms with van der Waals surface area (Å²) in [4.78, 5) is 1.17. The second-order valence-electron chi connectivity index (χ2n) is 4.78. The predicted octanol–water partition coefficient (Wildman–Crippen LogP) is 2.35. The Hall–Kier alpha value is -0.260. The third-order valence-corrected chi connectivity index (χ3v) is 7.04. The number of methoxy groups -OCH3 is 1. The zero-order valence-corrected chi connectivity index (χ0v) is 16.2. The van der Waals surface area contributed by atoms with Gasteiger partial charge in [0.1, 0.15) is 4.21 Å². The van der Waals surface area contributed by atoms with Gasteiger partial charge in [-0.15, -0.1) is 35.1 Å². The molecule has 1 unspecified atom stereocenters. The number of ether oxygens (including phenoxy) is 2. The van der Waals surface area contributed by atoms with Crippen molar-refractivity contribution < 1.29 is 17.9 Å². The predicted molar refractivity (Wildman–Crippen MR) is 97.4 cm³/mol. The lowest BCUT2D eigenvalue weighted by Crippen LogP contribution is -2.23. The Balaban J connectivity index is 0.00000264. The molecule has 2 aromatic rings. The average Bonchev–Trinajstić information content (AvgIpc) is 3.00. The van der Waals surface area contributed by atoms with Gasteiger partial charge in [0.05, 0.1) is 23.8 Å². The molecule has 0 radical (unpaired) electrons. The van der Waals surface area contributed by atoms with Gasteiger partial charge in [0.15, 0.2) is 0 Å². The van der Waals surface area contributed by atoms with Crippen molar-refractivity contribution in [3.05, 3.63) is 17.0 Å². The van der Waals surface area contributed by atoms with Gasteiger partial charge in [0, 0.05) is 30.0 Å². The van der Waals surface area contributed by atoms with Gasteiger partial charge in [0.2, 0.25) is 10.0 Å². The summed E-state index contributed by atoms with van der Waals surface area (Å²) in [7, 11) is -1.96. The fourth-order valence-electron chi connectivity index (χ4n) is 1.88. The minimum Gasteiger partial charge on any atom is -0.382 e. The largest absolute Gasteiger partial charge is 0.382 e. The quantitative estimate of drug-likeness (QED) is 0.630. The van der Waals surface area contributed by atoms with Crippen molar-refractivity contribution in [3.8, 4) is 0 Å². The first-order chi connectivity index (χ1) is 10.4. The molecule has 6 nitrogen and oxygen atoms in total. The molecule has 0 fully saturated rings. The van der Waals surface area contributed by atoms with Crippen LogP contribution >= 0.6 is 35.1 Å². The molecule has 3 N–H and O–H groups in total. The van der Waals surface area contributed by atoms with E-state index in [1.165, 1.54) is 16.2 Å². The maximum Gasteiger partial charge on any atom is 0.247 e. The van der Waals surface area contributed by atoms with Crippen LogP contribution in [0.5, 0.6) is 0 Å². The molecule has 1 atom stereocenters. The normalized spacial score (nSPS) is 13.2. The molecule has 0 spiro atoms. The summed E-state index contributed by atoms with van der Waals surface area (Å²) in [6.07, 6.45) is 0. The van der Waals surface area contributed by atoms with E-state index >= 15 is 0 Å². The first-order valence-corrected chi connectivity index (χ1v) is 9.96. The lowest BCUT2D eigenvalue weighted by atomic mass is 10.2. The number of halogens is 1. The Morgan fingerprint density at radius 3 is 2.61 bits per heavy atom. The average molecular weight is 401 g/mol. The van der Waals surface area contributed by atoms with Crippen LogP contribution in [0.15, 0.2) is 16.3 Å². The van der Waals surface area contributed by atoms with Crippen LogP contribution in [-0.2, 0) is 19.5 Å². The van der Waals surface area contributed by atoms with Gasteiger partial charge in [-0.1, -0.05) is 0 Å². The molecule has 0 aliphatic carbocycles. The molecule has 0 saturated carbocycles. The molecule has 132 valence electrons. The van der Waals surface area contributed by atoms with E-state index in [1.54, 1.807) is 24.5 Å². The van der Waals surface area contributed by atoms with Crippen molar-refractivity contribution in [2.75, 3.05) is 33.5 Å². The van der Waals surface area contributed by atoms with Gasteiger partial charge in [-0.3, -0.25) is 0 Å². The Kier molecular flexibility index (Phi) is 8.39. The molecule has 0 amide bonds. The van der Waals surface area contributed by atoms with Crippen LogP contribution in [-0.4, -0.2) is 41.9 Å². The van der Waals surface area contributed by atoms with Gasteiger partial charge in [0.25, 0.3) is 0 Å². The lowest BCUT2D eigenvalue weighted by molar-refractivity contribution is 0.0712. The number of rotatable bonds is 9. The standard InChI is InChI=1S/C13H20N2O4S3.ClH/c1-9(15-3-4-19-6-5-18-2)11-7-10-8-12(22(14,16)17)21-13(10)20-11;/h7-9,15H,3-6H2,1-2H3,(H2,14,16,17);1H. The summed E-state index contributed by atoms with van der Waals surface area (Å²) in [5.74, 6) is 0. The zero-order valence-electron chi connectivity index (χ0n) is 12.9. The molecular weight excluding hydrogens is 380 g/mol. The molecule has 0 aromatic carbocycles. The molecule has 0 saturated heterocycles. The number of hydrogen-bond acceptors (Lipinski definition) is 7. The molecular formula is C13H21ClN2O4S3. The van der Waals surface area contributed by atoms with Gasteiger partial charge >= 0.3 is 0 Å². The first kappa shape index (κ1) is 20.8. The van der Waals surface area contributed by atoms with Crippen LogP contribution in [0.3, 0.4) is 0 Å². The second-order valence-corrected chi connectivity index (χ2v) is 8.97. The van der Waals surface area contributed by atoms with E-state index in [0.717, 1.165) is 15.9 Å². The topological polar surface area (TPSA) is 90.7 Å². The van der Waals surface area contributed by atoms with Crippen molar-refractivity contribution >= 4 is 54.5 Å². The van der Waals surface area contributed by atoms with Crippen LogP contribution in [0, 0.1) is 0 Å². The van der Waals surface area contributed by atoms with E-state index in [2.05, 4.69) is 12.2 Å². The highest BCUT2D eigenvalue weighted by molar-refractivity contribution is 7.91. The Labute approximate surface area is 150 Å². The van der Waals surface area contributed by atoms with Crippen molar-refractivity contribution in [1.29, 1.82) is 0 Å².